The Labute approximate surface area is 86.0 Å². The van der Waals surface area contributed by atoms with Gasteiger partial charge in [-0.25, -0.2) is 4.39 Å². The van der Waals surface area contributed by atoms with Crippen molar-refractivity contribution in [3.05, 3.63) is 58.0 Å². The molecule has 0 aliphatic carbocycles. The average molecular weight is 207 g/mol. The third-order valence-corrected chi connectivity index (χ3v) is 3.01. The fourth-order valence-corrected chi connectivity index (χ4v) is 2.09. The zero-order valence-corrected chi connectivity index (χ0v) is 8.30. The van der Waals surface area contributed by atoms with Crippen LogP contribution in [0.25, 0.3) is 0 Å². The maximum absolute atomic E-state index is 12.9. The lowest BCUT2D eigenvalue weighted by Crippen LogP contribution is -2.10. The molecule has 3 heteroatoms. The van der Waals surface area contributed by atoms with Crippen molar-refractivity contribution < 1.29 is 4.39 Å². The minimum absolute atomic E-state index is 0.217. The molecule has 0 fully saturated rings. The molecule has 0 aliphatic heterocycles. The fourth-order valence-electron chi connectivity index (χ4n) is 1.33. The Balaban J connectivity index is 2.32. The molecule has 1 heterocycles. The van der Waals surface area contributed by atoms with Crippen LogP contribution in [0.1, 0.15) is 16.5 Å². The van der Waals surface area contributed by atoms with E-state index in [1.54, 1.807) is 17.4 Å². The normalized spacial score (nSPS) is 12.7. The van der Waals surface area contributed by atoms with Crippen LogP contribution in [-0.2, 0) is 0 Å². The van der Waals surface area contributed by atoms with Crippen LogP contribution in [0.3, 0.4) is 0 Å². The Bertz CT molecular complexity index is 411. The molecule has 1 nitrogen and oxygen atoms in total. The van der Waals surface area contributed by atoms with E-state index in [9.17, 15) is 4.39 Å². The SMILES string of the molecule is NC(c1cccc(F)c1)c1cccs1. The lowest BCUT2D eigenvalue weighted by molar-refractivity contribution is 0.624. The molecular weight excluding hydrogens is 197 g/mol. The molecule has 2 N–H and O–H groups in total. The molecule has 0 spiro atoms. The van der Waals surface area contributed by atoms with Gasteiger partial charge in [-0.15, -0.1) is 11.3 Å². The van der Waals surface area contributed by atoms with E-state index in [2.05, 4.69) is 0 Å². The van der Waals surface area contributed by atoms with Crippen molar-refractivity contribution in [2.75, 3.05) is 0 Å². The zero-order valence-electron chi connectivity index (χ0n) is 7.48. The summed E-state index contributed by atoms with van der Waals surface area (Å²) < 4.78 is 12.9. The van der Waals surface area contributed by atoms with Crippen molar-refractivity contribution in [2.24, 2.45) is 5.73 Å². The molecule has 0 radical (unpaired) electrons. The first-order valence-electron chi connectivity index (χ1n) is 4.32. The number of thiophene rings is 1. The second-order valence-electron chi connectivity index (χ2n) is 3.05. The topological polar surface area (TPSA) is 26.0 Å². The van der Waals surface area contributed by atoms with E-state index in [4.69, 9.17) is 5.73 Å². The molecular formula is C11H10FNS. The van der Waals surface area contributed by atoms with Crippen LogP contribution in [0.4, 0.5) is 4.39 Å². The highest BCUT2D eigenvalue weighted by Crippen LogP contribution is 2.23. The van der Waals surface area contributed by atoms with Crippen LogP contribution >= 0.6 is 11.3 Å². The summed E-state index contributed by atoms with van der Waals surface area (Å²) in [6.07, 6.45) is 0. The largest absolute Gasteiger partial charge is 0.320 e. The molecule has 2 aromatic rings. The first-order chi connectivity index (χ1) is 6.77. The van der Waals surface area contributed by atoms with Crippen molar-refractivity contribution in [3.8, 4) is 0 Å². The monoisotopic (exact) mass is 207 g/mol. The van der Waals surface area contributed by atoms with Gasteiger partial charge in [-0.2, -0.15) is 0 Å². The van der Waals surface area contributed by atoms with Gasteiger partial charge in [0, 0.05) is 4.88 Å². The molecule has 1 aromatic heterocycles. The van der Waals surface area contributed by atoms with Gasteiger partial charge in [0.2, 0.25) is 0 Å². The van der Waals surface area contributed by atoms with Crippen molar-refractivity contribution in [1.29, 1.82) is 0 Å². The summed E-state index contributed by atoms with van der Waals surface area (Å²) in [5.74, 6) is -0.241. The van der Waals surface area contributed by atoms with Crippen molar-refractivity contribution >= 4 is 11.3 Å². The van der Waals surface area contributed by atoms with Gasteiger partial charge < -0.3 is 5.73 Å². The third kappa shape index (κ3) is 1.84. The minimum atomic E-state index is -0.241. The molecule has 14 heavy (non-hydrogen) atoms. The third-order valence-electron chi connectivity index (χ3n) is 2.06. The van der Waals surface area contributed by atoms with Crippen molar-refractivity contribution in [3.63, 3.8) is 0 Å². The quantitative estimate of drug-likeness (QED) is 0.805. The van der Waals surface area contributed by atoms with Gasteiger partial charge in [0.25, 0.3) is 0 Å². The van der Waals surface area contributed by atoms with Crippen LogP contribution in [0.15, 0.2) is 41.8 Å². The van der Waals surface area contributed by atoms with Gasteiger partial charge in [-0.1, -0.05) is 18.2 Å². The van der Waals surface area contributed by atoms with E-state index in [0.717, 1.165) is 10.4 Å². The van der Waals surface area contributed by atoms with Crippen LogP contribution < -0.4 is 5.73 Å². The number of hydrogen-bond acceptors (Lipinski definition) is 2. The molecule has 72 valence electrons. The van der Waals surface area contributed by atoms with E-state index in [-0.39, 0.29) is 11.9 Å². The molecule has 1 unspecified atom stereocenters. The second-order valence-corrected chi connectivity index (χ2v) is 4.03. The van der Waals surface area contributed by atoms with Crippen molar-refractivity contribution in [2.45, 2.75) is 6.04 Å². The molecule has 0 saturated carbocycles. The van der Waals surface area contributed by atoms with E-state index in [1.807, 2.05) is 23.6 Å². The first-order valence-corrected chi connectivity index (χ1v) is 5.20. The van der Waals surface area contributed by atoms with Crippen LogP contribution in [0.5, 0.6) is 0 Å². The van der Waals surface area contributed by atoms with E-state index >= 15 is 0 Å². The lowest BCUT2D eigenvalue weighted by Gasteiger charge is -2.09. The summed E-state index contributed by atoms with van der Waals surface area (Å²) in [5.41, 5.74) is 6.79. The predicted octanol–water partition coefficient (Wildman–Crippen LogP) is 2.94. The summed E-state index contributed by atoms with van der Waals surface area (Å²) in [6, 6.07) is 10.1. The zero-order chi connectivity index (χ0) is 9.97. The van der Waals surface area contributed by atoms with Crippen LogP contribution in [0, 0.1) is 5.82 Å². The number of nitrogens with two attached hydrogens (primary N) is 1. The highest BCUT2D eigenvalue weighted by atomic mass is 32.1. The molecule has 1 aromatic carbocycles. The predicted molar refractivity (Wildman–Crippen MR) is 56.7 cm³/mol. The first kappa shape index (κ1) is 9.37. The standard InChI is InChI=1S/C11H10FNS/c12-9-4-1-3-8(7-9)11(13)10-5-2-6-14-10/h1-7,11H,13H2. The Kier molecular flexibility index (Phi) is 2.61. The summed E-state index contributed by atoms with van der Waals surface area (Å²) in [5, 5.41) is 1.97. The second kappa shape index (κ2) is 3.90. The van der Waals surface area contributed by atoms with Crippen molar-refractivity contribution in [1.82, 2.24) is 0 Å². The highest BCUT2D eigenvalue weighted by molar-refractivity contribution is 7.10. The lowest BCUT2D eigenvalue weighted by atomic mass is 10.1. The molecule has 0 saturated heterocycles. The van der Waals surface area contributed by atoms with E-state index in [1.165, 1.54) is 12.1 Å². The number of halogens is 1. The van der Waals surface area contributed by atoms with E-state index in [0.29, 0.717) is 0 Å². The summed E-state index contributed by atoms with van der Waals surface area (Å²) in [7, 11) is 0. The van der Waals surface area contributed by atoms with Gasteiger partial charge in [0.1, 0.15) is 5.82 Å². The van der Waals surface area contributed by atoms with E-state index < -0.39 is 0 Å². The maximum Gasteiger partial charge on any atom is 0.123 e. The Hall–Kier alpha value is -1.19. The van der Waals surface area contributed by atoms with Crippen LogP contribution in [-0.4, -0.2) is 0 Å². The smallest absolute Gasteiger partial charge is 0.123 e. The van der Waals surface area contributed by atoms with Gasteiger partial charge in [0.05, 0.1) is 6.04 Å². The Morgan fingerprint density at radius 2 is 2.07 bits per heavy atom. The van der Waals surface area contributed by atoms with Gasteiger partial charge in [-0.3, -0.25) is 0 Å². The minimum Gasteiger partial charge on any atom is -0.320 e. The molecule has 0 amide bonds. The average Bonchev–Trinajstić information content (AvgIpc) is 2.69. The molecule has 1 atom stereocenters. The molecule has 2 rings (SSSR count). The van der Waals surface area contributed by atoms with Gasteiger partial charge in [0.15, 0.2) is 0 Å². The Morgan fingerprint density at radius 3 is 2.71 bits per heavy atom. The summed E-state index contributed by atoms with van der Waals surface area (Å²) in [4.78, 5) is 1.05. The van der Waals surface area contributed by atoms with Crippen LogP contribution in [0.2, 0.25) is 0 Å². The number of hydrogen-bond donors (Lipinski definition) is 1. The number of benzene rings is 1. The summed E-state index contributed by atoms with van der Waals surface area (Å²) in [6.45, 7) is 0. The van der Waals surface area contributed by atoms with Gasteiger partial charge >= 0.3 is 0 Å². The molecule has 0 aliphatic rings. The summed E-state index contributed by atoms with van der Waals surface area (Å²) >= 11 is 1.58. The molecule has 0 bridgehead atoms. The maximum atomic E-state index is 12.9. The van der Waals surface area contributed by atoms with Gasteiger partial charge in [-0.05, 0) is 29.1 Å². The fraction of sp³-hybridized carbons (Fsp3) is 0.0909. The number of rotatable bonds is 2. The highest BCUT2D eigenvalue weighted by Gasteiger charge is 2.09. The Morgan fingerprint density at radius 1 is 1.21 bits per heavy atom.